The molecule has 0 atom stereocenters. The first-order valence-corrected chi connectivity index (χ1v) is 11.9. The van der Waals surface area contributed by atoms with Crippen molar-refractivity contribution in [3.63, 3.8) is 0 Å². The number of nitrogens with one attached hydrogen (secondary N) is 1. The number of hydrogen-bond acceptors (Lipinski definition) is 8. The average molecular weight is 540 g/mol. The van der Waals surface area contributed by atoms with Crippen molar-refractivity contribution in [1.82, 2.24) is 9.78 Å². The smallest absolute Gasteiger partial charge is 0.416 e. The summed E-state index contributed by atoms with van der Waals surface area (Å²) in [5, 5.41) is 6.73. The molecule has 0 unspecified atom stereocenters. The van der Waals surface area contributed by atoms with Crippen LogP contribution in [0.5, 0.6) is 5.75 Å². The SMILES string of the molecule is CCOC(=O)c1sc(NC(=O)c2ccn(COc3cccc(C(F)(F)F)c3)n2)c(C(=O)OC(C)C)c1C. The normalized spacial score (nSPS) is 11.4. The van der Waals surface area contributed by atoms with Gasteiger partial charge in [-0.3, -0.25) is 4.79 Å². The minimum Gasteiger partial charge on any atom is -0.471 e. The number of halogens is 3. The summed E-state index contributed by atoms with van der Waals surface area (Å²) in [6.07, 6.45) is -3.54. The van der Waals surface area contributed by atoms with Gasteiger partial charge in [-0.25, -0.2) is 14.3 Å². The molecule has 0 fully saturated rings. The van der Waals surface area contributed by atoms with Gasteiger partial charge in [0, 0.05) is 6.20 Å². The summed E-state index contributed by atoms with van der Waals surface area (Å²) in [7, 11) is 0. The average Bonchev–Trinajstić information content (AvgIpc) is 3.41. The molecule has 0 bridgehead atoms. The monoisotopic (exact) mass is 539 g/mol. The largest absolute Gasteiger partial charge is 0.471 e. The maximum absolute atomic E-state index is 12.9. The van der Waals surface area contributed by atoms with E-state index in [4.69, 9.17) is 14.2 Å². The molecule has 13 heteroatoms. The molecule has 37 heavy (non-hydrogen) atoms. The number of ether oxygens (including phenoxy) is 3. The molecule has 198 valence electrons. The van der Waals surface area contributed by atoms with Crippen LogP contribution in [-0.4, -0.2) is 40.3 Å². The standard InChI is InChI=1S/C24H24F3N3O6S/c1-5-34-23(33)19-14(4)18(22(32)36-13(2)3)21(37-19)28-20(31)17-9-10-30(29-17)12-35-16-8-6-7-15(11-16)24(25,26)27/h6-11,13H,5,12H2,1-4H3,(H,28,31). The number of thiophene rings is 1. The fraction of sp³-hybridized carbons (Fsp3) is 0.333. The second-order valence-corrected chi connectivity index (χ2v) is 8.95. The van der Waals surface area contributed by atoms with Gasteiger partial charge in [0.2, 0.25) is 0 Å². The van der Waals surface area contributed by atoms with Crippen LogP contribution in [0, 0.1) is 6.92 Å². The van der Waals surface area contributed by atoms with Crippen molar-refractivity contribution in [3.8, 4) is 5.75 Å². The molecule has 0 saturated carbocycles. The van der Waals surface area contributed by atoms with Gasteiger partial charge in [0.15, 0.2) is 12.4 Å². The summed E-state index contributed by atoms with van der Waals surface area (Å²) < 4.78 is 55.5. The molecule has 3 rings (SSSR count). The van der Waals surface area contributed by atoms with Crippen molar-refractivity contribution in [2.75, 3.05) is 11.9 Å². The Balaban J connectivity index is 1.77. The van der Waals surface area contributed by atoms with Crippen LogP contribution in [0.25, 0.3) is 0 Å². The van der Waals surface area contributed by atoms with E-state index in [0.29, 0.717) is 5.56 Å². The van der Waals surface area contributed by atoms with Gasteiger partial charge in [0.25, 0.3) is 5.91 Å². The van der Waals surface area contributed by atoms with Gasteiger partial charge in [-0.2, -0.15) is 18.3 Å². The van der Waals surface area contributed by atoms with Crippen molar-refractivity contribution < 1.29 is 41.8 Å². The van der Waals surface area contributed by atoms with Crippen LogP contribution >= 0.6 is 11.3 Å². The van der Waals surface area contributed by atoms with E-state index in [1.54, 1.807) is 27.7 Å². The molecule has 2 heterocycles. The Labute approximate surface area is 214 Å². The van der Waals surface area contributed by atoms with Crippen molar-refractivity contribution in [3.05, 3.63) is 63.8 Å². The molecule has 0 spiro atoms. The highest BCUT2D eigenvalue weighted by atomic mass is 32.1. The zero-order chi connectivity index (χ0) is 27.3. The van der Waals surface area contributed by atoms with Gasteiger partial charge < -0.3 is 19.5 Å². The summed E-state index contributed by atoms with van der Waals surface area (Å²) in [4.78, 5) is 38.0. The van der Waals surface area contributed by atoms with E-state index in [2.05, 4.69) is 10.4 Å². The van der Waals surface area contributed by atoms with Crippen LogP contribution in [0.4, 0.5) is 18.2 Å². The molecule has 1 amide bonds. The van der Waals surface area contributed by atoms with Crippen LogP contribution in [0.3, 0.4) is 0 Å². The maximum atomic E-state index is 12.9. The lowest BCUT2D eigenvalue weighted by Gasteiger charge is -2.10. The Morgan fingerprint density at radius 3 is 2.54 bits per heavy atom. The summed E-state index contributed by atoms with van der Waals surface area (Å²) >= 11 is 0.872. The van der Waals surface area contributed by atoms with E-state index in [-0.39, 0.29) is 40.2 Å². The van der Waals surface area contributed by atoms with Crippen molar-refractivity contribution in [2.24, 2.45) is 0 Å². The number of benzene rings is 1. The number of carbonyl (C=O) groups is 3. The van der Waals surface area contributed by atoms with E-state index in [1.807, 2.05) is 0 Å². The van der Waals surface area contributed by atoms with Crippen LogP contribution in [0.2, 0.25) is 0 Å². The third-order valence-corrected chi connectivity index (χ3v) is 5.97. The molecule has 0 aliphatic rings. The third kappa shape index (κ3) is 6.88. The molecule has 9 nitrogen and oxygen atoms in total. The molecular weight excluding hydrogens is 515 g/mol. The van der Waals surface area contributed by atoms with E-state index in [1.165, 1.54) is 29.1 Å². The molecule has 1 N–H and O–H groups in total. The van der Waals surface area contributed by atoms with Crippen LogP contribution in [-0.2, 0) is 22.4 Å². The number of aromatic nitrogens is 2. The zero-order valence-electron chi connectivity index (χ0n) is 20.3. The molecule has 0 aliphatic carbocycles. The number of hydrogen-bond donors (Lipinski definition) is 1. The minimum atomic E-state index is -4.51. The predicted molar refractivity (Wildman–Crippen MR) is 128 cm³/mol. The van der Waals surface area contributed by atoms with Crippen molar-refractivity contribution in [1.29, 1.82) is 0 Å². The first-order chi connectivity index (χ1) is 17.4. The Bertz CT molecular complexity index is 1300. The van der Waals surface area contributed by atoms with E-state index in [9.17, 15) is 27.6 Å². The van der Waals surface area contributed by atoms with Crippen LogP contribution in [0.1, 0.15) is 62.4 Å². The third-order valence-electron chi connectivity index (χ3n) is 4.78. The lowest BCUT2D eigenvalue weighted by molar-refractivity contribution is -0.137. The number of nitrogens with zero attached hydrogens (tertiary/aromatic N) is 2. The number of carbonyl (C=O) groups excluding carboxylic acids is 3. The molecule has 0 saturated heterocycles. The second kappa shape index (κ2) is 11.5. The van der Waals surface area contributed by atoms with Gasteiger partial charge in [-0.15, -0.1) is 11.3 Å². The lowest BCUT2D eigenvalue weighted by atomic mass is 10.1. The van der Waals surface area contributed by atoms with Gasteiger partial charge in [0.05, 0.1) is 23.8 Å². The number of amides is 1. The lowest BCUT2D eigenvalue weighted by Crippen LogP contribution is -2.18. The fourth-order valence-corrected chi connectivity index (χ4v) is 4.22. The number of anilines is 1. The molecule has 0 aliphatic heterocycles. The molecule has 0 radical (unpaired) electrons. The Kier molecular flexibility index (Phi) is 8.58. The molecule has 2 aromatic heterocycles. The highest BCUT2D eigenvalue weighted by molar-refractivity contribution is 7.18. The highest BCUT2D eigenvalue weighted by Gasteiger charge is 2.31. The molecule has 3 aromatic rings. The number of rotatable bonds is 9. The second-order valence-electron chi connectivity index (χ2n) is 7.93. The predicted octanol–water partition coefficient (Wildman–Crippen LogP) is 5.30. The van der Waals surface area contributed by atoms with Crippen LogP contribution in [0.15, 0.2) is 36.5 Å². The first kappa shape index (κ1) is 27.7. The highest BCUT2D eigenvalue weighted by Crippen LogP contribution is 2.35. The minimum absolute atomic E-state index is 0.0230. The number of esters is 2. The van der Waals surface area contributed by atoms with Gasteiger partial charge in [-0.1, -0.05) is 6.07 Å². The maximum Gasteiger partial charge on any atom is 0.416 e. The summed E-state index contributed by atoms with van der Waals surface area (Å²) in [6.45, 7) is 6.39. The Morgan fingerprint density at radius 1 is 1.16 bits per heavy atom. The molecule has 1 aromatic carbocycles. The van der Waals surface area contributed by atoms with Gasteiger partial charge >= 0.3 is 18.1 Å². The number of alkyl halides is 3. The first-order valence-electron chi connectivity index (χ1n) is 11.1. The topological polar surface area (TPSA) is 109 Å². The van der Waals surface area contributed by atoms with E-state index < -0.39 is 35.7 Å². The van der Waals surface area contributed by atoms with Crippen molar-refractivity contribution in [2.45, 2.75) is 46.7 Å². The van der Waals surface area contributed by atoms with Crippen molar-refractivity contribution >= 4 is 34.2 Å². The summed E-state index contributed by atoms with van der Waals surface area (Å²) in [6, 6.07) is 5.73. The molecular formula is C24H24F3N3O6S. The summed E-state index contributed by atoms with van der Waals surface area (Å²) in [5.74, 6) is -2.06. The zero-order valence-corrected chi connectivity index (χ0v) is 21.2. The van der Waals surface area contributed by atoms with E-state index in [0.717, 1.165) is 23.5 Å². The Morgan fingerprint density at radius 2 is 1.89 bits per heavy atom. The van der Waals surface area contributed by atoms with Gasteiger partial charge in [0.1, 0.15) is 15.6 Å². The van der Waals surface area contributed by atoms with Crippen LogP contribution < -0.4 is 10.1 Å². The Hall–Kier alpha value is -3.87. The summed E-state index contributed by atoms with van der Waals surface area (Å²) in [5.41, 5.74) is -0.572. The quantitative estimate of drug-likeness (QED) is 0.368. The fourth-order valence-electron chi connectivity index (χ4n) is 3.14. The van der Waals surface area contributed by atoms with E-state index >= 15 is 0 Å². The van der Waals surface area contributed by atoms with Gasteiger partial charge in [-0.05, 0) is 57.5 Å².